The normalized spacial score (nSPS) is 19.4. The number of piperazine rings is 1. The molecule has 0 aromatic heterocycles. The van der Waals surface area contributed by atoms with Crippen LogP contribution in [0.3, 0.4) is 0 Å². The van der Waals surface area contributed by atoms with Crippen molar-refractivity contribution < 1.29 is 4.39 Å². The van der Waals surface area contributed by atoms with E-state index in [4.69, 9.17) is 0 Å². The van der Waals surface area contributed by atoms with Crippen molar-refractivity contribution in [2.75, 3.05) is 26.2 Å². The second kappa shape index (κ2) is 5.59. The van der Waals surface area contributed by atoms with Crippen LogP contribution in [0.25, 0.3) is 0 Å². The Morgan fingerprint density at radius 2 is 1.84 bits per heavy atom. The Bertz CT molecular complexity index is 431. The standard InChI is InChI=1S/C16H25FN2/c1-12-5-6-13(14(17)11-12)15(16(2,3)4)19-9-7-18-8-10-19/h5-6,11,15,18H,7-10H2,1-4H3/t15-/m1/s1. The third-order valence-corrected chi connectivity index (χ3v) is 3.79. The number of hydrogen-bond donors (Lipinski definition) is 1. The summed E-state index contributed by atoms with van der Waals surface area (Å²) in [6.45, 7) is 12.4. The van der Waals surface area contributed by atoms with Gasteiger partial charge in [-0.25, -0.2) is 4.39 Å². The van der Waals surface area contributed by atoms with E-state index in [1.54, 1.807) is 6.07 Å². The summed E-state index contributed by atoms with van der Waals surface area (Å²) in [5.41, 5.74) is 1.84. The van der Waals surface area contributed by atoms with Crippen LogP contribution in [0.1, 0.15) is 37.9 Å². The maximum atomic E-state index is 14.3. The van der Waals surface area contributed by atoms with E-state index in [1.165, 1.54) is 0 Å². The van der Waals surface area contributed by atoms with Crippen molar-refractivity contribution in [2.45, 2.75) is 33.7 Å². The highest BCUT2D eigenvalue weighted by Crippen LogP contribution is 2.39. The maximum Gasteiger partial charge on any atom is 0.128 e. The zero-order valence-electron chi connectivity index (χ0n) is 12.5. The molecule has 0 spiro atoms. The lowest BCUT2D eigenvalue weighted by Crippen LogP contribution is -2.48. The molecule has 0 aliphatic carbocycles. The first-order valence-corrected chi connectivity index (χ1v) is 7.10. The highest BCUT2D eigenvalue weighted by atomic mass is 19.1. The van der Waals surface area contributed by atoms with E-state index < -0.39 is 0 Å². The molecule has 0 bridgehead atoms. The summed E-state index contributed by atoms with van der Waals surface area (Å²) in [5.74, 6) is -0.0709. The van der Waals surface area contributed by atoms with E-state index in [1.807, 2.05) is 19.1 Å². The van der Waals surface area contributed by atoms with Gasteiger partial charge in [-0.2, -0.15) is 0 Å². The molecule has 0 radical (unpaired) electrons. The van der Waals surface area contributed by atoms with Crippen LogP contribution in [0.4, 0.5) is 4.39 Å². The summed E-state index contributed by atoms with van der Waals surface area (Å²) in [6, 6.07) is 5.76. The molecule has 1 aliphatic heterocycles. The Morgan fingerprint density at radius 3 is 2.37 bits per heavy atom. The highest BCUT2D eigenvalue weighted by Gasteiger charge is 2.34. The number of nitrogens with zero attached hydrogens (tertiary/aromatic N) is 1. The first-order chi connectivity index (χ1) is 8.89. The summed E-state index contributed by atoms with van der Waals surface area (Å²) >= 11 is 0. The van der Waals surface area contributed by atoms with E-state index in [2.05, 4.69) is 31.0 Å². The molecule has 0 amide bonds. The minimum atomic E-state index is -0.0709. The molecular formula is C16H25FN2. The van der Waals surface area contributed by atoms with Crippen LogP contribution in [0.15, 0.2) is 18.2 Å². The molecule has 1 aliphatic rings. The number of benzene rings is 1. The second-order valence-electron chi connectivity index (χ2n) is 6.58. The van der Waals surface area contributed by atoms with E-state index in [0.717, 1.165) is 37.3 Å². The van der Waals surface area contributed by atoms with Crippen molar-refractivity contribution in [3.8, 4) is 0 Å². The quantitative estimate of drug-likeness (QED) is 0.883. The largest absolute Gasteiger partial charge is 0.314 e. The van der Waals surface area contributed by atoms with Crippen LogP contribution >= 0.6 is 0 Å². The third-order valence-electron chi connectivity index (χ3n) is 3.79. The van der Waals surface area contributed by atoms with Gasteiger partial charge in [0.05, 0.1) is 0 Å². The SMILES string of the molecule is Cc1ccc([C@@H](N2CCNCC2)C(C)(C)C)c(F)c1. The van der Waals surface area contributed by atoms with Crippen molar-refractivity contribution in [3.05, 3.63) is 35.1 Å². The maximum absolute atomic E-state index is 14.3. The van der Waals surface area contributed by atoms with Gasteiger partial charge in [0.2, 0.25) is 0 Å². The molecule has 1 N–H and O–H groups in total. The summed E-state index contributed by atoms with van der Waals surface area (Å²) in [7, 11) is 0. The highest BCUT2D eigenvalue weighted by molar-refractivity contribution is 5.27. The summed E-state index contributed by atoms with van der Waals surface area (Å²) in [4.78, 5) is 2.41. The van der Waals surface area contributed by atoms with Crippen LogP contribution in [0.5, 0.6) is 0 Å². The number of halogens is 1. The molecule has 3 heteroatoms. The van der Waals surface area contributed by atoms with Crippen LogP contribution in [-0.4, -0.2) is 31.1 Å². The average Bonchev–Trinajstić information content (AvgIpc) is 2.32. The minimum Gasteiger partial charge on any atom is -0.314 e. The monoisotopic (exact) mass is 264 g/mol. The molecule has 1 saturated heterocycles. The molecule has 0 unspecified atom stereocenters. The van der Waals surface area contributed by atoms with Crippen LogP contribution < -0.4 is 5.32 Å². The molecule has 0 saturated carbocycles. The van der Waals surface area contributed by atoms with Crippen LogP contribution in [0, 0.1) is 18.2 Å². The first kappa shape index (κ1) is 14.5. The summed E-state index contributed by atoms with van der Waals surface area (Å²) in [6.07, 6.45) is 0. The smallest absolute Gasteiger partial charge is 0.128 e. The Hall–Kier alpha value is -0.930. The number of nitrogens with one attached hydrogen (secondary N) is 1. The predicted molar refractivity (Wildman–Crippen MR) is 77.8 cm³/mol. The molecule has 1 heterocycles. The Balaban J connectivity index is 2.36. The fourth-order valence-electron chi connectivity index (χ4n) is 3.01. The van der Waals surface area contributed by atoms with Gasteiger partial charge in [-0.1, -0.05) is 32.9 Å². The third kappa shape index (κ3) is 3.34. The van der Waals surface area contributed by atoms with Gasteiger partial charge < -0.3 is 5.32 Å². The van der Waals surface area contributed by atoms with E-state index in [9.17, 15) is 4.39 Å². The van der Waals surface area contributed by atoms with Crippen molar-refractivity contribution in [1.29, 1.82) is 0 Å². The lowest BCUT2D eigenvalue weighted by Gasteiger charge is -2.42. The number of aryl methyl sites for hydroxylation is 1. The lowest BCUT2D eigenvalue weighted by atomic mass is 9.80. The molecule has 2 rings (SSSR count). The topological polar surface area (TPSA) is 15.3 Å². The van der Waals surface area contributed by atoms with Gasteiger partial charge in [-0.15, -0.1) is 0 Å². The fourth-order valence-corrected chi connectivity index (χ4v) is 3.01. The van der Waals surface area contributed by atoms with Gasteiger partial charge in [0, 0.05) is 37.8 Å². The van der Waals surface area contributed by atoms with Gasteiger partial charge >= 0.3 is 0 Å². The van der Waals surface area contributed by atoms with Crippen molar-refractivity contribution in [1.82, 2.24) is 10.2 Å². The Labute approximate surface area is 116 Å². The Kier molecular flexibility index (Phi) is 4.26. The lowest BCUT2D eigenvalue weighted by molar-refractivity contribution is 0.0834. The van der Waals surface area contributed by atoms with Crippen molar-refractivity contribution in [3.63, 3.8) is 0 Å². The van der Waals surface area contributed by atoms with Crippen LogP contribution in [0.2, 0.25) is 0 Å². The van der Waals surface area contributed by atoms with E-state index in [-0.39, 0.29) is 17.3 Å². The molecule has 19 heavy (non-hydrogen) atoms. The zero-order chi connectivity index (χ0) is 14.0. The van der Waals surface area contributed by atoms with E-state index >= 15 is 0 Å². The van der Waals surface area contributed by atoms with Gasteiger partial charge in [0.25, 0.3) is 0 Å². The van der Waals surface area contributed by atoms with Crippen molar-refractivity contribution >= 4 is 0 Å². The summed E-state index contributed by atoms with van der Waals surface area (Å²) < 4.78 is 14.3. The van der Waals surface area contributed by atoms with Crippen LogP contribution in [-0.2, 0) is 0 Å². The van der Waals surface area contributed by atoms with Gasteiger partial charge in [-0.05, 0) is 24.0 Å². The Morgan fingerprint density at radius 1 is 1.21 bits per heavy atom. The minimum absolute atomic E-state index is 0.0213. The summed E-state index contributed by atoms with van der Waals surface area (Å²) in [5, 5.41) is 3.36. The molecule has 1 atom stereocenters. The molecule has 1 aromatic rings. The second-order valence-corrected chi connectivity index (χ2v) is 6.58. The zero-order valence-corrected chi connectivity index (χ0v) is 12.5. The average molecular weight is 264 g/mol. The molecule has 1 aromatic carbocycles. The predicted octanol–water partition coefficient (Wildman–Crippen LogP) is 3.13. The first-order valence-electron chi connectivity index (χ1n) is 7.10. The molecular weight excluding hydrogens is 239 g/mol. The van der Waals surface area contributed by atoms with E-state index in [0.29, 0.717) is 0 Å². The number of hydrogen-bond acceptors (Lipinski definition) is 2. The van der Waals surface area contributed by atoms with Gasteiger partial charge in [-0.3, -0.25) is 4.90 Å². The fraction of sp³-hybridized carbons (Fsp3) is 0.625. The molecule has 2 nitrogen and oxygen atoms in total. The molecule has 1 fully saturated rings. The van der Waals surface area contributed by atoms with Gasteiger partial charge in [0.15, 0.2) is 0 Å². The number of rotatable bonds is 2. The molecule has 106 valence electrons. The van der Waals surface area contributed by atoms with Crippen molar-refractivity contribution in [2.24, 2.45) is 5.41 Å². The van der Waals surface area contributed by atoms with Gasteiger partial charge in [0.1, 0.15) is 5.82 Å².